The van der Waals surface area contributed by atoms with Crippen molar-refractivity contribution in [3.8, 4) is 22.8 Å². The molecule has 1 fully saturated rings. The first-order chi connectivity index (χ1) is 16.1. The molecule has 170 valence electrons. The maximum atomic E-state index is 12.5. The standard InChI is InChI=1S/C25H27N5O3/c1-33-22-14-18(5-7-21(22)31)27-25-26-15-17-13-23(32)28-20-12-16(4-6-19(20)24(17)29-25)8-11-30-9-2-3-10-30/h4-7,12,14-15,31H,2-3,8-11,13H2,1H3,(H,28,32)(H,26,27,29). The van der Waals surface area contributed by atoms with Gasteiger partial charge in [0.15, 0.2) is 11.5 Å². The highest BCUT2D eigenvalue weighted by molar-refractivity contribution is 6.00. The van der Waals surface area contributed by atoms with Crippen molar-refractivity contribution in [3.63, 3.8) is 0 Å². The number of ether oxygens (including phenoxy) is 1. The van der Waals surface area contributed by atoms with Gasteiger partial charge in [0.05, 0.1) is 24.9 Å². The van der Waals surface area contributed by atoms with E-state index in [-0.39, 0.29) is 18.1 Å². The number of carbonyl (C=O) groups is 1. The van der Waals surface area contributed by atoms with E-state index in [0.717, 1.165) is 35.5 Å². The van der Waals surface area contributed by atoms with Gasteiger partial charge in [-0.15, -0.1) is 0 Å². The van der Waals surface area contributed by atoms with Crippen LogP contribution >= 0.6 is 0 Å². The summed E-state index contributed by atoms with van der Waals surface area (Å²) in [6.07, 6.45) is 5.43. The number of hydrogen-bond acceptors (Lipinski definition) is 7. The van der Waals surface area contributed by atoms with Crippen molar-refractivity contribution in [3.05, 3.63) is 53.7 Å². The molecule has 3 aromatic rings. The number of aromatic nitrogens is 2. The lowest BCUT2D eigenvalue weighted by Crippen LogP contribution is -2.22. The number of amides is 1. The number of nitrogens with zero attached hydrogens (tertiary/aromatic N) is 3. The quantitative estimate of drug-likeness (QED) is 0.497. The van der Waals surface area contributed by atoms with Crippen LogP contribution in [0.2, 0.25) is 0 Å². The van der Waals surface area contributed by atoms with Crippen molar-refractivity contribution in [2.24, 2.45) is 0 Å². The number of nitrogens with one attached hydrogen (secondary N) is 2. The second-order valence-electron chi connectivity index (χ2n) is 8.48. The second kappa shape index (κ2) is 9.07. The van der Waals surface area contributed by atoms with Gasteiger partial charge in [-0.1, -0.05) is 12.1 Å². The number of phenols is 1. The number of methoxy groups -OCH3 is 1. The van der Waals surface area contributed by atoms with Gasteiger partial charge < -0.3 is 25.4 Å². The van der Waals surface area contributed by atoms with Gasteiger partial charge in [0.25, 0.3) is 0 Å². The Labute approximate surface area is 192 Å². The number of carbonyl (C=O) groups excluding carboxylic acids is 1. The molecule has 3 N–H and O–H groups in total. The summed E-state index contributed by atoms with van der Waals surface area (Å²) < 4.78 is 5.17. The topological polar surface area (TPSA) is 99.6 Å². The zero-order chi connectivity index (χ0) is 22.8. The first-order valence-electron chi connectivity index (χ1n) is 11.2. The van der Waals surface area contributed by atoms with Crippen molar-refractivity contribution >= 4 is 23.2 Å². The lowest BCUT2D eigenvalue weighted by atomic mass is 10.0. The Bertz CT molecular complexity index is 1190. The summed E-state index contributed by atoms with van der Waals surface area (Å²) in [6, 6.07) is 11.2. The molecule has 0 atom stereocenters. The average Bonchev–Trinajstić information content (AvgIpc) is 3.29. The molecule has 0 bridgehead atoms. The summed E-state index contributed by atoms with van der Waals surface area (Å²) in [7, 11) is 1.50. The number of hydrogen-bond donors (Lipinski definition) is 3. The fourth-order valence-corrected chi connectivity index (χ4v) is 4.43. The van der Waals surface area contributed by atoms with Gasteiger partial charge in [-0.25, -0.2) is 9.97 Å². The van der Waals surface area contributed by atoms with Crippen molar-refractivity contribution in [2.75, 3.05) is 37.4 Å². The van der Waals surface area contributed by atoms with Crippen LogP contribution in [0.5, 0.6) is 11.5 Å². The summed E-state index contributed by atoms with van der Waals surface area (Å²) in [5.74, 6) is 0.750. The third-order valence-corrected chi connectivity index (χ3v) is 6.18. The molecule has 0 radical (unpaired) electrons. The molecule has 0 unspecified atom stereocenters. The SMILES string of the molecule is COc1cc(Nc2ncc3c(n2)-c2ccc(CCN4CCCC4)cc2NC(=O)C3)ccc1O. The Balaban J connectivity index is 1.43. The van der Waals surface area contributed by atoms with Crippen LogP contribution in [-0.2, 0) is 17.6 Å². The van der Waals surface area contributed by atoms with Gasteiger partial charge in [-0.2, -0.15) is 0 Å². The van der Waals surface area contributed by atoms with E-state index in [4.69, 9.17) is 9.72 Å². The highest BCUT2D eigenvalue weighted by atomic mass is 16.5. The molecule has 1 aromatic heterocycles. The van der Waals surface area contributed by atoms with Crippen LogP contribution in [0, 0.1) is 0 Å². The molecule has 0 spiro atoms. The minimum absolute atomic E-state index is 0.0601. The largest absolute Gasteiger partial charge is 0.504 e. The number of rotatable bonds is 6. The minimum atomic E-state index is -0.0701. The highest BCUT2D eigenvalue weighted by Gasteiger charge is 2.22. The van der Waals surface area contributed by atoms with Crippen LogP contribution in [0.15, 0.2) is 42.6 Å². The van der Waals surface area contributed by atoms with Crippen molar-refractivity contribution in [1.29, 1.82) is 0 Å². The van der Waals surface area contributed by atoms with Crippen LogP contribution in [0.4, 0.5) is 17.3 Å². The van der Waals surface area contributed by atoms with Gasteiger partial charge >= 0.3 is 0 Å². The number of phenolic OH excluding ortho intramolecular Hbond substituents is 1. The van der Waals surface area contributed by atoms with E-state index in [2.05, 4.69) is 32.7 Å². The van der Waals surface area contributed by atoms with Gasteiger partial charge in [-0.3, -0.25) is 4.79 Å². The van der Waals surface area contributed by atoms with Gasteiger partial charge in [0, 0.05) is 35.6 Å². The molecule has 0 saturated carbocycles. The Morgan fingerprint density at radius 2 is 2.03 bits per heavy atom. The number of anilines is 3. The Morgan fingerprint density at radius 1 is 1.18 bits per heavy atom. The fraction of sp³-hybridized carbons (Fsp3) is 0.320. The number of fused-ring (bicyclic) bond motifs is 3. The molecule has 3 heterocycles. The third kappa shape index (κ3) is 4.61. The Hall–Kier alpha value is -3.65. The molecule has 33 heavy (non-hydrogen) atoms. The van der Waals surface area contributed by atoms with Crippen LogP contribution < -0.4 is 15.4 Å². The number of aromatic hydroxyl groups is 1. The summed E-state index contributed by atoms with van der Waals surface area (Å²) in [4.78, 5) is 24.2. The lowest BCUT2D eigenvalue weighted by molar-refractivity contribution is -0.115. The monoisotopic (exact) mass is 445 g/mol. The summed E-state index contributed by atoms with van der Waals surface area (Å²) in [6.45, 7) is 3.39. The maximum absolute atomic E-state index is 12.5. The molecule has 8 heteroatoms. The zero-order valence-corrected chi connectivity index (χ0v) is 18.6. The van der Waals surface area contributed by atoms with Crippen LogP contribution in [0.25, 0.3) is 11.3 Å². The highest BCUT2D eigenvalue weighted by Crippen LogP contribution is 2.35. The third-order valence-electron chi connectivity index (χ3n) is 6.18. The second-order valence-corrected chi connectivity index (χ2v) is 8.48. The first-order valence-corrected chi connectivity index (χ1v) is 11.2. The molecule has 2 aliphatic rings. The smallest absolute Gasteiger partial charge is 0.228 e. The number of benzene rings is 2. The summed E-state index contributed by atoms with van der Waals surface area (Å²) in [5, 5.41) is 16.0. The molecular weight excluding hydrogens is 418 g/mol. The fourth-order valence-electron chi connectivity index (χ4n) is 4.43. The van der Waals surface area contributed by atoms with E-state index in [1.54, 1.807) is 24.4 Å². The Morgan fingerprint density at radius 3 is 2.85 bits per heavy atom. The zero-order valence-electron chi connectivity index (χ0n) is 18.6. The van der Waals surface area contributed by atoms with E-state index in [0.29, 0.717) is 17.4 Å². The minimum Gasteiger partial charge on any atom is -0.504 e. The molecule has 0 aliphatic carbocycles. The maximum Gasteiger partial charge on any atom is 0.228 e. The first kappa shape index (κ1) is 21.2. The molecule has 8 nitrogen and oxygen atoms in total. The molecular formula is C25H27N5O3. The predicted molar refractivity (Wildman–Crippen MR) is 127 cm³/mol. The van der Waals surface area contributed by atoms with Crippen molar-refractivity contribution in [2.45, 2.75) is 25.7 Å². The van der Waals surface area contributed by atoms with Gasteiger partial charge in [0.1, 0.15) is 0 Å². The van der Waals surface area contributed by atoms with Crippen LogP contribution in [0.3, 0.4) is 0 Å². The van der Waals surface area contributed by atoms with E-state index >= 15 is 0 Å². The van der Waals surface area contributed by atoms with E-state index < -0.39 is 0 Å². The van der Waals surface area contributed by atoms with Crippen molar-refractivity contribution < 1.29 is 14.6 Å². The van der Waals surface area contributed by atoms with Gasteiger partial charge in [0.2, 0.25) is 11.9 Å². The molecule has 1 saturated heterocycles. The molecule has 5 rings (SSSR count). The lowest BCUT2D eigenvalue weighted by Gasteiger charge is -2.16. The number of likely N-dealkylation sites (tertiary alicyclic amines) is 1. The van der Waals surface area contributed by atoms with E-state index in [1.165, 1.54) is 38.6 Å². The van der Waals surface area contributed by atoms with Crippen LogP contribution in [-0.4, -0.2) is 52.6 Å². The van der Waals surface area contributed by atoms with Crippen LogP contribution in [0.1, 0.15) is 24.0 Å². The predicted octanol–water partition coefficient (Wildman–Crippen LogP) is 3.73. The average molecular weight is 446 g/mol. The molecule has 2 aliphatic heterocycles. The van der Waals surface area contributed by atoms with Gasteiger partial charge in [-0.05, 0) is 56.1 Å². The van der Waals surface area contributed by atoms with E-state index in [1.807, 2.05) is 6.07 Å². The van der Waals surface area contributed by atoms with E-state index in [9.17, 15) is 9.90 Å². The Kier molecular flexibility index (Phi) is 5.83. The summed E-state index contributed by atoms with van der Waals surface area (Å²) in [5.41, 5.74) is 5.07. The molecule has 2 aromatic carbocycles. The normalized spacial score (nSPS) is 15.4. The summed E-state index contributed by atoms with van der Waals surface area (Å²) >= 11 is 0. The van der Waals surface area contributed by atoms with Crippen molar-refractivity contribution in [1.82, 2.24) is 14.9 Å². The molecule has 1 amide bonds.